The van der Waals surface area contributed by atoms with Gasteiger partial charge in [-0.1, -0.05) is 31.2 Å². The van der Waals surface area contributed by atoms with Gasteiger partial charge in [0.1, 0.15) is 5.75 Å². The maximum atomic E-state index is 11.8. The molecule has 2 atom stereocenters. The van der Waals surface area contributed by atoms with Crippen LogP contribution < -0.4 is 4.74 Å². The van der Waals surface area contributed by atoms with Crippen molar-refractivity contribution in [2.45, 2.75) is 13.0 Å². The molecule has 1 aromatic carbocycles. The molecule has 0 heterocycles. The molecule has 0 radical (unpaired) electrons. The van der Waals surface area contributed by atoms with Crippen molar-refractivity contribution in [1.82, 2.24) is 0 Å². The van der Waals surface area contributed by atoms with Crippen LogP contribution in [-0.4, -0.2) is 40.5 Å². The summed E-state index contributed by atoms with van der Waals surface area (Å²) in [5.41, 5.74) is 1.43. The van der Waals surface area contributed by atoms with Crippen molar-refractivity contribution in [3.05, 3.63) is 47.7 Å². The number of carbonyl (C=O) groups is 1. The fourth-order valence-corrected chi connectivity index (χ4v) is 2.13. The van der Waals surface area contributed by atoms with E-state index in [9.17, 15) is 4.79 Å². The van der Waals surface area contributed by atoms with Crippen LogP contribution in [0.15, 0.2) is 42.2 Å². The first-order chi connectivity index (χ1) is 11.1. The van der Waals surface area contributed by atoms with Crippen LogP contribution in [0, 0.1) is 5.92 Å². The maximum Gasteiger partial charge on any atom is 0.337 e. The molecule has 0 aliphatic rings. The van der Waals surface area contributed by atoms with Gasteiger partial charge >= 0.3 is 5.97 Å². The van der Waals surface area contributed by atoms with E-state index in [1.165, 1.54) is 20.5 Å². The number of rotatable bonds is 8. The van der Waals surface area contributed by atoms with Crippen molar-refractivity contribution in [3.63, 3.8) is 0 Å². The van der Waals surface area contributed by atoms with Gasteiger partial charge in [0.05, 0.1) is 39.3 Å². The van der Waals surface area contributed by atoms with Crippen molar-refractivity contribution in [1.29, 1.82) is 0 Å². The molecule has 0 aliphatic heterocycles. The Balaban J connectivity index is 2.90. The van der Waals surface area contributed by atoms with Gasteiger partial charge in [-0.15, -0.1) is 0 Å². The summed E-state index contributed by atoms with van der Waals surface area (Å²) >= 11 is 0. The van der Waals surface area contributed by atoms with Crippen molar-refractivity contribution in [2.24, 2.45) is 5.92 Å². The quantitative estimate of drug-likeness (QED) is 0.418. The molecule has 0 aromatic heterocycles. The molecule has 0 unspecified atom stereocenters. The normalized spacial score (nSPS) is 14.4. The van der Waals surface area contributed by atoms with Gasteiger partial charge in [0.25, 0.3) is 0 Å². The van der Waals surface area contributed by atoms with Crippen LogP contribution >= 0.6 is 0 Å². The third kappa shape index (κ3) is 5.45. The van der Waals surface area contributed by atoms with E-state index < -0.39 is 5.97 Å². The maximum absolute atomic E-state index is 11.8. The van der Waals surface area contributed by atoms with E-state index in [2.05, 4.69) is 0 Å². The molecular formula is C18H24O5. The van der Waals surface area contributed by atoms with E-state index in [4.69, 9.17) is 18.9 Å². The average molecular weight is 320 g/mol. The number of hydrogen-bond donors (Lipinski definition) is 0. The van der Waals surface area contributed by atoms with Gasteiger partial charge in [0, 0.05) is 13.0 Å². The minimum atomic E-state index is -0.431. The van der Waals surface area contributed by atoms with Crippen molar-refractivity contribution in [3.8, 4) is 5.75 Å². The van der Waals surface area contributed by atoms with E-state index in [0.29, 0.717) is 5.57 Å². The molecule has 0 saturated heterocycles. The molecule has 126 valence electrons. The Labute approximate surface area is 137 Å². The summed E-state index contributed by atoms with van der Waals surface area (Å²) in [6, 6.07) is 7.66. The minimum Gasteiger partial charge on any atom is -0.504 e. The molecule has 0 N–H and O–H groups in total. The molecule has 5 nitrogen and oxygen atoms in total. The van der Waals surface area contributed by atoms with Gasteiger partial charge in [-0.25, -0.2) is 4.79 Å². The minimum absolute atomic E-state index is 0.220. The fraction of sp³-hybridized carbons (Fsp3) is 0.389. The van der Waals surface area contributed by atoms with Crippen molar-refractivity contribution < 1.29 is 23.7 Å². The largest absolute Gasteiger partial charge is 0.504 e. The third-order valence-corrected chi connectivity index (χ3v) is 3.52. The number of carbonyl (C=O) groups excluding carboxylic acids is 1. The second-order valence-electron chi connectivity index (χ2n) is 4.92. The third-order valence-electron chi connectivity index (χ3n) is 3.52. The Hall–Kier alpha value is -2.27. The number of hydrogen-bond acceptors (Lipinski definition) is 5. The van der Waals surface area contributed by atoms with Gasteiger partial charge in [0.15, 0.2) is 0 Å². The molecule has 1 aromatic rings. The lowest BCUT2D eigenvalue weighted by molar-refractivity contribution is -0.137. The highest BCUT2D eigenvalue weighted by Gasteiger charge is 2.24. The van der Waals surface area contributed by atoms with E-state index in [-0.39, 0.29) is 12.0 Å². The molecule has 0 saturated carbocycles. The number of benzene rings is 1. The Morgan fingerprint density at radius 1 is 1.09 bits per heavy atom. The van der Waals surface area contributed by atoms with E-state index in [1.54, 1.807) is 14.2 Å². The Kier molecular flexibility index (Phi) is 7.91. The first-order valence-corrected chi connectivity index (χ1v) is 7.23. The smallest absolute Gasteiger partial charge is 0.337 e. The highest BCUT2D eigenvalue weighted by molar-refractivity contribution is 5.88. The molecule has 0 fully saturated rings. The van der Waals surface area contributed by atoms with Crippen molar-refractivity contribution >= 4 is 12.0 Å². The number of methoxy groups -OCH3 is 4. The Morgan fingerprint density at radius 3 is 2.22 bits per heavy atom. The lowest BCUT2D eigenvalue weighted by atomic mass is 9.95. The van der Waals surface area contributed by atoms with E-state index in [0.717, 1.165) is 11.3 Å². The van der Waals surface area contributed by atoms with Gasteiger partial charge < -0.3 is 18.9 Å². The summed E-state index contributed by atoms with van der Waals surface area (Å²) in [6.45, 7) is 1.88. The monoisotopic (exact) mass is 320 g/mol. The predicted molar refractivity (Wildman–Crippen MR) is 89.1 cm³/mol. The SMILES string of the molecule is CO/C=C(\C(=O)OC)[C@H](C)[C@H](/C=C/c1ccc(OC)cc1)OC. The molecule has 5 heteroatoms. The molecule has 0 amide bonds. The van der Waals surface area contributed by atoms with Crippen LogP contribution in [-0.2, 0) is 19.0 Å². The molecular weight excluding hydrogens is 296 g/mol. The lowest BCUT2D eigenvalue weighted by Crippen LogP contribution is -2.24. The van der Waals surface area contributed by atoms with Crippen LogP contribution in [0.2, 0.25) is 0 Å². The zero-order valence-corrected chi connectivity index (χ0v) is 14.2. The second-order valence-corrected chi connectivity index (χ2v) is 4.92. The highest BCUT2D eigenvalue weighted by atomic mass is 16.5. The van der Waals surface area contributed by atoms with Gasteiger partial charge in [-0.2, -0.15) is 0 Å². The molecule has 1 rings (SSSR count). The molecule has 0 spiro atoms. The first kappa shape index (κ1) is 18.8. The van der Waals surface area contributed by atoms with E-state index in [1.807, 2.05) is 43.3 Å². The zero-order chi connectivity index (χ0) is 17.2. The highest BCUT2D eigenvalue weighted by Crippen LogP contribution is 2.21. The summed E-state index contributed by atoms with van der Waals surface area (Å²) in [7, 11) is 6.06. The van der Waals surface area contributed by atoms with Crippen LogP contribution in [0.1, 0.15) is 12.5 Å². The lowest BCUT2D eigenvalue weighted by Gasteiger charge is -2.20. The number of esters is 1. The van der Waals surface area contributed by atoms with Gasteiger partial charge in [-0.05, 0) is 17.7 Å². The van der Waals surface area contributed by atoms with E-state index >= 15 is 0 Å². The van der Waals surface area contributed by atoms with Gasteiger partial charge in [-0.3, -0.25) is 0 Å². The fourth-order valence-electron chi connectivity index (χ4n) is 2.13. The van der Waals surface area contributed by atoms with Crippen molar-refractivity contribution in [2.75, 3.05) is 28.4 Å². The first-order valence-electron chi connectivity index (χ1n) is 7.23. The molecule has 0 aliphatic carbocycles. The average Bonchev–Trinajstić information content (AvgIpc) is 2.59. The molecule has 23 heavy (non-hydrogen) atoms. The summed E-state index contributed by atoms with van der Waals surface area (Å²) in [6.07, 6.45) is 4.94. The summed E-state index contributed by atoms with van der Waals surface area (Å²) in [5, 5.41) is 0. The molecule has 0 bridgehead atoms. The topological polar surface area (TPSA) is 54.0 Å². The van der Waals surface area contributed by atoms with Crippen LogP contribution in [0.5, 0.6) is 5.75 Å². The number of ether oxygens (including phenoxy) is 4. The van der Waals surface area contributed by atoms with Gasteiger partial charge in [0.2, 0.25) is 0 Å². The standard InChI is InChI=1S/C18H24O5/c1-13(16(12-20-2)18(19)23-5)17(22-4)11-8-14-6-9-15(21-3)10-7-14/h6-13,17H,1-5H3/b11-8+,16-12-/t13-,17-/m0/s1. The second kappa shape index (κ2) is 9.69. The van der Waals surface area contributed by atoms with Crippen LogP contribution in [0.3, 0.4) is 0 Å². The van der Waals surface area contributed by atoms with Crippen LogP contribution in [0.4, 0.5) is 0 Å². The van der Waals surface area contributed by atoms with Crippen LogP contribution in [0.25, 0.3) is 6.08 Å². The summed E-state index contributed by atoms with van der Waals surface area (Å²) in [5.74, 6) is 0.149. The summed E-state index contributed by atoms with van der Waals surface area (Å²) < 4.78 is 20.4. The Bertz CT molecular complexity index is 545. The Morgan fingerprint density at radius 2 is 1.74 bits per heavy atom. The zero-order valence-electron chi connectivity index (χ0n) is 14.2. The predicted octanol–water partition coefficient (Wildman–Crippen LogP) is 3.06. The summed E-state index contributed by atoms with van der Waals surface area (Å²) in [4.78, 5) is 11.8.